The molecule has 2 atom stereocenters. The van der Waals surface area contributed by atoms with E-state index in [1.807, 2.05) is 117 Å². The molecule has 13 rings (SSSR count). The Hall–Kier alpha value is -9.94. The number of aromatic nitrogens is 12. The molecule has 0 fully saturated rings. The molecule has 0 unspecified atom stereocenters. The summed E-state index contributed by atoms with van der Waals surface area (Å²) in [7, 11) is 4.38. The third-order valence-corrected chi connectivity index (χ3v) is 17.5. The fourth-order valence-electron chi connectivity index (χ4n) is 10.9. The van der Waals surface area contributed by atoms with Crippen LogP contribution in [-0.2, 0) is 40.1 Å². The monoisotopic (exact) mass is 1200 g/mol. The number of benzene rings is 3. The average molecular weight is 1200 g/mol. The number of fused-ring (bicyclic) bond motifs is 2. The van der Waals surface area contributed by atoms with Crippen molar-refractivity contribution in [2.45, 2.75) is 70.1 Å². The van der Waals surface area contributed by atoms with E-state index in [4.69, 9.17) is 24.2 Å². The highest BCUT2D eigenvalue weighted by Gasteiger charge is 2.41. The maximum atomic E-state index is 12.1. The molecular weight excluding hydrogens is 1140 g/mol. The van der Waals surface area contributed by atoms with Crippen molar-refractivity contribution in [3.05, 3.63) is 206 Å². The Bertz CT molecular complexity index is 4320. The van der Waals surface area contributed by atoms with E-state index in [0.717, 1.165) is 114 Å². The topological polar surface area (TPSA) is 276 Å². The predicted molar refractivity (Wildman–Crippen MR) is 329 cm³/mol. The molecule has 2 aliphatic rings. The number of aromatic amines is 1. The highest BCUT2D eigenvalue weighted by molar-refractivity contribution is 7.15. The zero-order valence-electron chi connectivity index (χ0n) is 48.0. The van der Waals surface area contributed by atoms with Crippen LogP contribution in [0, 0.1) is 13.8 Å². The van der Waals surface area contributed by atoms with Crippen molar-refractivity contribution in [2.24, 2.45) is 0 Å². The van der Waals surface area contributed by atoms with E-state index < -0.39 is 23.1 Å². The van der Waals surface area contributed by atoms with Crippen LogP contribution in [0.15, 0.2) is 146 Å². The Kier molecular flexibility index (Phi) is 16.2. The number of rotatable bonds is 15. The number of nitrogens with zero attached hydrogens (tertiary/aromatic N) is 11. The van der Waals surface area contributed by atoms with Crippen molar-refractivity contribution in [3.8, 4) is 49.4 Å². The van der Waals surface area contributed by atoms with Gasteiger partial charge in [-0.05, 0) is 176 Å². The minimum atomic E-state index is -1.25. The number of aryl methyl sites for hydroxylation is 4. The van der Waals surface area contributed by atoms with Gasteiger partial charge in [-0.3, -0.25) is 0 Å². The lowest BCUT2D eigenvalue weighted by molar-refractivity contribution is 0.0581. The normalized spacial score (nSPS) is 15.9. The minimum Gasteiger partial charge on any atom is -0.497 e. The minimum absolute atomic E-state index is 0.390. The molecule has 0 amide bonds. The van der Waals surface area contributed by atoms with Crippen molar-refractivity contribution < 1.29 is 34.0 Å². The first-order valence-electron chi connectivity index (χ1n) is 27.9. The number of methoxy groups -OCH3 is 3. The summed E-state index contributed by atoms with van der Waals surface area (Å²) < 4.78 is 16.8. The number of hydrogen-bond donors (Lipinski definition) is 5. The Labute approximate surface area is 507 Å². The van der Waals surface area contributed by atoms with Crippen LogP contribution >= 0.6 is 22.7 Å². The third-order valence-electron chi connectivity index (χ3n) is 15.2. The molecule has 8 heterocycles. The molecule has 21 nitrogen and oxygen atoms in total. The number of esters is 2. The molecule has 0 saturated carbocycles. The molecule has 8 aromatic heterocycles. The van der Waals surface area contributed by atoms with Crippen LogP contribution in [0.4, 0.5) is 23.3 Å². The van der Waals surface area contributed by atoms with Gasteiger partial charge in [0.25, 0.3) is 0 Å². The maximum Gasteiger partial charge on any atom is 0.337 e. The third kappa shape index (κ3) is 12.3. The van der Waals surface area contributed by atoms with Crippen molar-refractivity contribution in [2.75, 3.05) is 32.0 Å². The van der Waals surface area contributed by atoms with Gasteiger partial charge in [0, 0.05) is 35.9 Å². The number of hydrogen-bond acceptors (Lipinski definition) is 21. The summed E-state index contributed by atoms with van der Waals surface area (Å²) in [5.41, 5.74) is 9.66. The van der Waals surface area contributed by atoms with Gasteiger partial charge in [0.1, 0.15) is 61.6 Å². The van der Waals surface area contributed by atoms with Crippen LogP contribution < -0.4 is 15.4 Å². The quantitative estimate of drug-likeness (QED) is 0.0597. The number of ether oxygens (including phenoxy) is 3. The van der Waals surface area contributed by atoms with E-state index in [1.54, 1.807) is 54.9 Å². The van der Waals surface area contributed by atoms with Gasteiger partial charge in [0.15, 0.2) is 0 Å². The number of carbonyl (C=O) groups is 2. The molecule has 438 valence electrons. The summed E-state index contributed by atoms with van der Waals surface area (Å²) in [6.45, 7) is 4.59. The van der Waals surface area contributed by atoms with E-state index in [9.17, 15) is 19.8 Å². The molecule has 0 spiro atoms. The summed E-state index contributed by atoms with van der Waals surface area (Å²) in [5.74, 6) is 2.54. The van der Waals surface area contributed by atoms with Gasteiger partial charge >= 0.3 is 11.9 Å². The Morgan fingerprint density at radius 1 is 0.609 bits per heavy atom. The fraction of sp³-hybridized carbons (Fsp3) is 0.219. The van der Waals surface area contributed by atoms with Gasteiger partial charge in [-0.2, -0.15) is 15.4 Å². The smallest absolute Gasteiger partial charge is 0.337 e. The summed E-state index contributed by atoms with van der Waals surface area (Å²) in [4.78, 5) is 53.7. The lowest BCUT2D eigenvalue weighted by Crippen LogP contribution is -2.32. The number of nitrogens with one attached hydrogen (secondary N) is 3. The van der Waals surface area contributed by atoms with E-state index in [1.165, 1.54) is 36.9 Å². The molecular formula is C64H58N14O7S2. The van der Waals surface area contributed by atoms with Crippen molar-refractivity contribution >= 4 is 57.9 Å². The number of carbonyl (C=O) groups excluding carboxylic acids is 2. The van der Waals surface area contributed by atoms with Gasteiger partial charge in [-0.15, -0.1) is 27.8 Å². The molecule has 2 aliphatic carbocycles. The Balaban J connectivity index is 0.000000173. The van der Waals surface area contributed by atoms with Crippen molar-refractivity contribution in [3.63, 3.8) is 0 Å². The second-order valence-electron chi connectivity index (χ2n) is 21.2. The summed E-state index contributed by atoms with van der Waals surface area (Å²) in [5, 5.41) is 50.9. The standard InChI is InChI=1S/C36H33N7O4S.C28H25N7O3S/c1-22-15-29(31-19-38-35(48-31)36(45)13-4-5-24-17-26(34(44)47-3)8-11-28(24)36)39-33(16-22)40-32-18-25(12-14-37-32)30-21-43(42-41-30)20-23-6-9-27(46-2)10-7-23;1-16-10-21(32-25(11-16)33-24-13-18(7-9-29-24)22-14-31-35-34-22)23-15-30-27(39-23)28(37)8-3-4-17-12-19(26(36)38-2)5-6-20(17)28/h6-12,14-19,21,45H,4-5,13,20H2,1-3H3,(H,37,39,40);5-7,9-15,37H,3-4,8H2,1-2H3,(H,29,32,33)(H,31,34,35)/t36-;28-/m11/s1. The van der Waals surface area contributed by atoms with E-state index >= 15 is 0 Å². The van der Waals surface area contributed by atoms with E-state index in [-0.39, 0.29) is 0 Å². The van der Waals surface area contributed by atoms with Crippen LogP contribution in [0.25, 0.3) is 43.7 Å². The number of aliphatic hydroxyl groups is 2. The summed E-state index contributed by atoms with van der Waals surface area (Å²) in [6, 6.07) is 33.9. The van der Waals surface area contributed by atoms with Crippen LogP contribution in [0.1, 0.15) is 95.4 Å². The van der Waals surface area contributed by atoms with Gasteiger partial charge < -0.3 is 35.1 Å². The molecule has 0 radical (unpaired) electrons. The average Bonchev–Trinajstić information content (AvgIpc) is 1.98. The fourth-order valence-corrected chi connectivity index (χ4v) is 12.9. The second kappa shape index (κ2) is 24.6. The first kappa shape index (κ1) is 57.5. The first-order valence-corrected chi connectivity index (χ1v) is 29.5. The molecule has 87 heavy (non-hydrogen) atoms. The van der Waals surface area contributed by atoms with Gasteiger partial charge in [0.05, 0.1) is 72.5 Å². The predicted octanol–water partition coefficient (Wildman–Crippen LogP) is 11.1. The molecule has 5 N–H and O–H groups in total. The molecule has 0 saturated heterocycles. The lowest BCUT2D eigenvalue weighted by Gasteiger charge is -2.33. The number of anilines is 4. The highest BCUT2D eigenvalue weighted by Crippen LogP contribution is 2.46. The second-order valence-corrected chi connectivity index (χ2v) is 23.2. The summed E-state index contributed by atoms with van der Waals surface area (Å²) >= 11 is 2.83. The molecule has 3 aromatic carbocycles. The van der Waals surface area contributed by atoms with Gasteiger partial charge in [0.2, 0.25) is 0 Å². The SMILES string of the molecule is COC(=O)c1ccc2c(c1)CCC[C@]2(O)c1ncc(-c2cc(C)cc(Nc3cc(-c4cn(Cc5ccc(OC)cc5)nn4)ccn3)n2)s1.COC(=O)c1ccc2c(c1)CCC[C@]2(O)c1ncc(-c2cc(C)cc(Nc3cc(-c4cn[nH]n4)ccn3)n2)s1. The van der Waals surface area contributed by atoms with Crippen molar-refractivity contribution in [1.29, 1.82) is 0 Å². The molecule has 23 heteroatoms. The van der Waals surface area contributed by atoms with Crippen molar-refractivity contribution in [1.82, 2.24) is 60.3 Å². The van der Waals surface area contributed by atoms with Crippen LogP contribution in [0.5, 0.6) is 5.75 Å². The van der Waals surface area contributed by atoms with Gasteiger partial charge in [-0.25, -0.2) is 44.2 Å². The van der Waals surface area contributed by atoms with Gasteiger partial charge in [-0.1, -0.05) is 29.5 Å². The van der Waals surface area contributed by atoms with Crippen LogP contribution in [0.2, 0.25) is 0 Å². The Morgan fingerprint density at radius 2 is 1.14 bits per heavy atom. The molecule has 11 aromatic rings. The lowest BCUT2D eigenvalue weighted by atomic mass is 9.79. The Morgan fingerprint density at radius 3 is 1.63 bits per heavy atom. The van der Waals surface area contributed by atoms with Crippen LogP contribution in [0.3, 0.4) is 0 Å². The van der Waals surface area contributed by atoms with Crippen LogP contribution in [-0.4, -0.2) is 104 Å². The summed E-state index contributed by atoms with van der Waals surface area (Å²) in [6.07, 6.45) is 14.7. The number of pyridine rings is 4. The highest BCUT2D eigenvalue weighted by atomic mass is 32.1. The molecule has 0 bridgehead atoms. The largest absolute Gasteiger partial charge is 0.497 e. The van der Waals surface area contributed by atoms with E-state index in [2.05, 4.69) is 56.3 Å². The first-order chi connectivity index (χ1) is 42.2. The zero-order chi connectivity index (χ0) is 60.2. The number of H-pyrrole nitrogens is 1. The van der Waals surface area contributed by atoms with E-state index in [0.29, 0.717) is 63.8 Å². The zero-order valence-corrected chi connectivity index (χ0v) is 49.6. The molecule has 0 aliphatic heterocycles. The number of thiazole rings is 2. The maximum absolute atomic E-state index is 12.1.